The molecule has 0 radical (unpaired) electrons. The Bertz CT molecular complexity index is 441. The number of piperidine rings is 1. The van der Waals surface area contributed by atoms with E-state index in [1.54, 1.807) is 0 Å². The summed E-state index contributed by atoms with van der Waals surface area (Å²) in [6.45, 7) is 5.63. The zero-order valence-electron chi connectivity index (χ0n) is 12.5. The number of ether oxygens (including phenoxy) is 1. The third-order valence-electron chi connectivity index (χ3n) is 4.50. The Kier molecular flexibility index (Phi) is 4.58. The Hall–Kier alpha value is -1.06. The predicted molar refractivity (Wildman–Crippen MR) is 82.4 cm³/mol. The number of hydrogen-bond donors (Lipinski definition) is 1. The molecular formula is C17H26N2O. The fraction of sp³-hybridized carbons (Fsp3) is 0.647. The fourth-order valence-electron chi connectivity index (χ4n) is 3.33. The summed E-state index contributed by atoms with van der Waals surface area (Å²) in [5, 5.41) is 3.50. The van der Waals surface area contributed by atoms with Gasteiger partial charge in [0.25, 0.3) is 0 Å². The Morgan fingerprint density at radius 3 is 3.20 bits per heavy atom. The summed E-state index contributed by atoms with van der Waals surface area (Å²) in [4.78, 5) is 2.49. The molecule has 2 aliphatic heterocycles. The first-order chi connectivity index (χ1) is 9.81. The van der Waals surface area contributed by atoms with Crippen molar-refractivity contribution in [2.75, 3.05) is 39.8 Å². The molecule has 1 aromatic carbocycles. The molecule has 0 spiro atoms. The highest BCUT2D eigenvalue weighted by atomic mass is 16.5. The lowest BCUT2D eigenvalue weighted by atomic mass is 9.99. The summed E-state index contributed by atoms with van der Waals surface area (Å²) < 4.78 is 5.56. The van der Waals surface area contributed by atoms with Crippen LogP contribution in [0.1, 0.15) is 24.0 Å². The topological polar surface area (TPSA) is 24.5 Å². The van der Waals surface area contributed by atoms with Gasteiger partial charge >= 0.3 is 0 Å². The molecule has 3 heteroatoms. The average Bonchev–Trinajstić information content (AvgIpc) is 2.93. The maximum atomic E-state index is 5.56. The number of fused-ring (bicyclic) bond motifs is 1. The van der Waals surface area contributed by atoms with E-state index in [2.05, 4.69) is 35.5 Å². The van der Waals surface area contributed by atoms with Crippen LogP contribution in [0.4, 0.5) is 0 Å². The van der Waals surface area contributed by atoms with Crippen molar-refractivity contribution >= 4 is 0 Å². The lowest BCUT2D eigenvalue weighted by molar-refractivity contribution is 0.245. The Labute approximate surface area is 122 Å². The van der Waals surface area contributed by atoms with E-state index in [0.29, 0.717) is 0 Å². The maximum absolute atomic E-state index is 5.56. The molecule has 110 valence electrons. The summed E-state index contributed by atoms with van der Waals surface area (Å²) in [7, 11) is 2.26. The van der Waals surface area contributed by atoms with Crippen LogP contribution in [0, 0.1) is 5.92 Å². The highest BCUT2D eigenvalue weighted by Gasteiger charge is 2.15. The van der Waals surface area contributed by atoms with Crippen molar-refractivity contribution in [3.63, 3.8) is 0 Å². The number of benzene rings is 1. The van der Waals surface area contributed by atoms with E-state index in [9.17, 15) is 0 Å². The SMILES string of the molecule is CN(CCc1ccc2c(c1)CCO2)CC1CCCNC1. The van der Waals surface area contributed by atoms with E-state index in [1.807, 2.05) is 0 Å². The van der Waals surface area contributed by atoms with Gasteiger partial charge in [-0.2, -0.15) is 0 Å². The molecule has 2 aliphatic rings. The molecule has 0 aromatic heterocycles. The molecule has 1 aromatic rings. The van der Waals surface area contributed by atoms with Crippen LogP contribution >= 0.6 is 0 Å². The Balaban J connectivity index is 1.46. The number of hydrogen-bond acceptors (Lipinski definition) is 3. The van der Waals surface area contributed by atoms with Crippen LogP contribution in [-0.4, -0.2) is 44.7 Å². The summed E-state index contributed by atoms with van der Waals surface area (Å²) in [5.74, 6) is 1.93. The van der Waals surface area contributed by atoms with Crippen LogP contribution in [-0.2, 0) is 12.8 Å². The molecule has 20 heavy (non-hydrogen) atoms. The normalized spacial score (nSPS) is 21.8. The summed E-state index contributed by atoms with van der Waals surface area (Å²) in [5.41, 5.74) is 2.84. The molecule has 0 aliphatic carbocycles. The van der Waals surface area contributed by atoms with Gasteiger partial charge in [0.05, 0.1) is 6.61 Å². The lowest BCUT2D eigenvalue weighted by Gasteiger charge is -2.27. The van der Waals surface area contributed by atoms with Gasteiger partial charge in [0.2, 0.25) is 0 Å². The van der Waals surface area contributed by atoms with Gasteiger partial charge in [0.15, 0.2) is 0 Å². The second kappa shape index (κ2) is 6.59. The van der Waals surface area contributed by atoms with Gasteiger partial charge in [-0.25, -0.2) is 0 Å². The molecule has 3 rings (SSSR count). The number of nitrogens with zero attached hydrogens (tertiary/aromatic N) is 1. The molecule has 3 nitrogen and oxygen atoms in total. The molecule has 0 saturated carbocycles. The van der Waals surface area contributed by atoms with Crippen molar-refractivity contribution in [2.24, 2.45) is 5.92 Å². The van der Waals surface area contributed by atoms with Crippen molar-refractivity contribution in [1.82, 2.24) is 10.2 Å². The standard InChI is InChI=1S/C17H26N2O/c1-19(13-15-3-2-8-18-12-15)9-6-14-4-5-17-16(11-14)7-10-20-17/h4-5,11,15,18H,2-3,6-10,12-13H2,1H3. The molecule has 1 unspecified atom stereocenters. The van der Waals surface area contributed by atoms with Gasteiger partial charge in [-0.05, 0) is 62.5 Å². The van der Waals surface area contributed by atoms with Crippen LogP contribution in [0.5, 0.6) is 5.75 Å². The molecule has 0 bridgehead atoms. The van der Waals surface area contributed by atoms with E-state index in [1.165, 1.54) is 43.6 Å². The molecular weight excluding hydrogens is 248 g/mol. The zero-order chi connectivity index (χ0) is 13.8. The molecule has 1 saturated heterocycles. The van der Waals surface area contributed by atoms with Gasteiger partial charge in [-0.15, -0.1) is 0 Å². The largest absolute Gasteiger partial charge is 0.493 e. The number of rotatable bonds is 5. The molecule has 0 amide bonds. The van der Waals surface area contributed by atoms with Gasteiger partial charge < -0.3 is 15.0 Å². The Morgan fingerprint density at radius 1 is 1.40 bits per heavy atom. The molecule has 1 atom stereocenters. The van der Waals surface area contributed by atoms with Gasteiger partial charge in [-0.3, -0.25) is 0 Å². The number of likely N-dealkylation sites (N-methyl/N-ethyl adjacent to an activating group) is 1. The van der Waals surface area contributed by atoms with E-state index in [-0.39, 0.29) is 0 Å². The average molecular weight is 274 g/mol. The van der Waals surface area contributed by atoms with Crippen LogP contribution in [0.2, 0.25) is 0 Å². The van der Waals surface area contributed by atoms with Crippen LogP contribution < -0.4 is 10.1 Å². The van der Waals surface area contributed by atoms with Crippen molar-refractivity contribution in [3.8, 4) is 5.75 Å². The first kappa shape index (κ1) is 13.9. The van der Waals surface area contributed by atoms with Crippen LogP contribution in [0.3, 0.4) is 0 Å². The van der Waals surface area contributed by atoms with Crippen molar-refractivity contribution < 1.29 is 4.74 Å². The maximum Gasteiger partial charge on any atom is 0.122 e. The Morgan fingerprint density at radius 2 is 2.35 bits per heavy atom. The first-order valence-electron chi connectivity index (χ1n) is 7.95. The van der Waals surface area contributed by atoms with Crippen LogP contribution in [0.25, 0.3) is 0 Å². The van der Waals surface area contributed by atoms with Crippen molar-refractivity contribution in [3.05, 3.63) is 29.3 Å². The third kappa shape index (κ3) is 3.53. The van der Waals surface area contributed by atoms with E-state index in [0.717, 1.165) is 37.7 Å². The summed E-state index contributed by atoms with van der Waals surface area (Å²) in [6, 6.07) is 6.70. The number of nitrogens with one attached hydrogen (secondary N) is 1. The monoisotopic (exact) mass is 274 g/mol. The van der Waals surface area contributed by atoms with Gasteiger partial charge in [0, 0.05) is 19.5 Å². The highest BCUT2D eigenvalue weighted by Crippen LogP contribution is 2.26. The second-order valence-corrected chi connectivity index (χ2v) is 6.27. The first-order valence-corrected chi connectivity index (χ1v) is 7.95. The second-order valence-electron chi connectivity index (χ2n) is 6.27. The smallest absolute Gasteiger partial charge is 0.122 e. The highest BCUT2D eigenvalue weighted by molar-refractivity contribution is 5.39. The van der Waals surface area contributed by atoms with Crippen molar-refractivity contribution in [2.45, 2.75) is 25.7 Å². The van der Waals surface area contributed by atoms with Crippen molar-refractivity contribution in [1.29, 1.82) is 0 Å². The van der Waals surface area contributed by atoms with E-state index in [4.69, 9.17) is 4.74 Å². The minimum atomic E-state index is 0.835. The minimum Gasteiger partial charge on any atom is -0.493 e. The zero-order valence-corrected chi connectivity index (χ0v) is 12.5. The minimum absolute atomic E-state index is 0.835. The van der Waals surface area contributed by atoms with Gasteiger partial charge in [-0.1, -0.05) is 12.1 Å². The molecule has 1 N–H and O–H groups in total. The third-order valence-corrected chi connectivity index (χ3v) is 4.50. The molecule has 2 heterocycles. The summed E-state index contributed by atoms with van der Waals surface area (Å²) >= 11 is 0. The van der Waals surface area contributed by atoms with Gasteiger partial charge in [0.1, 0.15) is 5.75 Å². The lowest BCUT2D eigenvalue weighted by Crippen LogP contribution is -2.37. The van der Waals surface area contributed by atoms with E-state index < -0.39 is 0 Å². The van der Waals surface area contributed by atoms with E-state index >= 15 is 0 Å². The fourth-order valence-corrected chi connectivity index (χ4v) is 3.33. The molecule has 1 fully saturated rings. The van der Waals surface area contributed by atoms with Crippen LogP contribution in [0.15, 0.2) is 18.2 Å². The quantitative estimate of drug-likeness (QED) is 0.890. The summed E-state index contributed by atoms with van der Waals surface area (Å²) in [6.07, 6.45) is 4.94. The predicted octanol–water partition coefficient (Wildman–Crippen LogP) is 2.10.